The zero-order valence-corrected chi connectivity index (χ0v) is 8.05. The van der Waals surface area contributed by atoms with E-state index in [-0.39, 0.29) is 0 Å². The van der Waals surface area contributed by atoms with Crippen LogP contribution in [0, 0.1) is 23.7 Å². The molecule has 1 nitrogen and oxygen atoms in total. The summed E-state index contributed by atoms with van der Waals surface area (Å²) in [4.78, 5) is 0. The maximum Gasteiger partial charge on any atom is 0.0974 e. The van der Waals surface area contributed by atoms with Crippen LogP contribution in [0.3, 0.4) is 0 Å². The van der Waals surface area contributed by atoms with Crippen LogP contribution in [-0.2, 0) is 0 Å². The Bertz CT molecular complexity index is 177. The lowest BCUT2D eigenvalue weighted by molar-refractivity contribution is -0.518. The van der Waals surface area contributed by atoms with Gasteiger partial charge in [-0.25, -0.2) is 0 Å². The fourth-order valence-electron chi connectivity index (χ4n) is 4.26. The molecule has 12 heavy (non-hydrogen) atoms. The zero-order valence-electron chi connectivity index (χ0n) is 8.05. The van der Waals surface area contributed by atoms with Gasteiger partial charge < -0.3 is 5.73 Å². The molecule has 4 fully saturated rings. The van der Waals surface area contributed by atoms with Gasteiger partial charge >= 0.3 is 0 Å². The molecule has 0 aromatic carbocycles. The third kappa shape index (κ3) is 0.783. The standard InChI is InChI=1S/C11H19N/c1-11(12)9-3-7-2-8(5-9)6-10(11)4-7/h7-10H,2-6,12H2,1H3/p+1. The van der Waals surface area contributed by atoms with Crippen molar-refractivity contribution in [1.82, 2.24) is 0 Å². The summed E-state index contributed by atoms with van der Waals surface area (Å²) < 4.78 is 0. The van der Waals surface area contributed by atoms with Crippen LogP contribution in [0.2, 0.25) is 0 Å². The van der Waals surface area contributed by atoms with Crippen molar-refractivity contribution in [3.63, 3.8) is 0 Å². The summed E-state index contributed by atoms with van der Waals surface area (Å²) in [7, 11) is 0. The van der Waals surface area contributed by atoms with Crippen molar-refractivity contribution < 1.29 is 5.73 Å². The van der Waals surface area contributed by atoms with Gasteiger partial charge in [-0.1, -0.05) is 0 Å². The van der Waals surface area contributed by atoms with Crippen molar-refractivity contribution in [3.05, 3.63) is 0 Å². The second-order valence-electron chi connectivity index (χ2n) is 5.81. The Morgan fingerprint density at radius 2 is 1.33 bits per heavy atom. The smallest absolute Gasteiger partial charge is 0.0974 e. The Labute approximate surface area is 74.7 Å². The third-order valence-electron chi connectivity index (χ3n) is 5.00. The maximum atomic E-state index is 4.47. The SMILES string of the molecule is CC1([NH3+])C2CC3CC(C2)CC1C3. The van der Waals surface area contributed by atoms with Gasteiger partial charge in [0, 0.05) is 11.8 Å². The summed E-state index contributed by atoms with van der Waals surface area (Å²) in [6.45, 7) is 2.42. The predicted molar refractivity (Wildman–Crippen MR) is 48.3 cm³/mol. The van der Waals surface area contributed by atoms with Gasteiger partial charge in [0.05, 0.1) is 5.54 Å². The molecule has 0 amide bonds. The normalized spacial score (nSPS) is 62.5. The molecule has 4 rings (SSSR count). The molecule has 0 aromatic heterocycles. The predicted octanol–water partition coefficient (Wildman–Crippen LogP) is 1.44. The molecular weight excluding hydrogens is 146 g/mol. The highest BCUT2D eigenvalue weighted by Crippen LogP contribution is 2.56. The van der Waals surface area contributed by atoms with E-state index in [0.717, 1.165) is 23.7 Å². The monoisotopic (exact) mass is 166 g/mol. The first-order chi connectivity index (χ1) is 5.66. The Morgan fingerprint density at radius 1 is 0.917 bits per heavy atom. The van der Waals surface area contributed by atoms with Crippen LogP contribution in [0.4, 0.5) is 0 Å². The van der Waals surface area contributed by atoms with E-state index in [4.69, 9.17) is 0 Å². The van der Waals surface area contributed by atoms with E-state index in [9.17, 15) is 0 Å². The molecule has 0 radical (unpaired) electrons. The number of rotatable bonds is 0. The van der Waals surface area contributed by atoms with E-state index in [1.165, 1.54) is 25.7 Å². The summed E-state index contributed by atoms with van der Waals surface area (Å²) in [6.07, 6.45) is 7.59. The van der Waals surface area contributed by atoms with Gasteiger partial charge in [-0.3, -0.25) is 0 Å². The van der Waals surface area contributed by atoms with Crippen LogP contribution in [0.15, 0.2) is 0 Å². The molecule has 3 N–H and O–H groups in total. The number of hydrogen-bond donors (Lipinski definition) is 1. The van der Waals surface area contributed by atoms with Gasteiger partial charge in [-0.15, -0.1) is 0 Å². The first-order valence-electron chi connectivity index (χ1n) is 5.51. The molecule has 4 saturated carbocycles. The molecule has 1 heteroatoms. The van der Waals surface area contributed by atoms with Crippen molar-refractivity contribution in [2.24, 2.45) is 23.7 Å². The van der Waals surface area contributed by atoms with E-state index in [2.05, 4.69) is 12.7 Å². The van der Waals surface area contributed by atoms with E-state index in [1.807, 2.05) is 0 Å². The van der Waals surface area contributed by atoms with E-state index in [0.29, 0.717) is 5.54 Å². The van der Waals surface area contributed by atoms with Gasteiger partial charge in [-0.2, -0.15) is 0 Å². The minimum Gasteiger partial charge on any atom is -0.352 e. The Morgan fingerprint density at radius 3 is 1.75 bits per heavy atom. The van der Waals surface area contributed by atoms with Crippen molar-refractivity contribution in [2.45, 2.75) is 44.6 Å². The van der Waals surface area contributed by atoms with Crippen LogP contribution >= 0.6 is 0 Å². The molecule has 0 spiro atoms. The highest BCUT2D eigenvalue weighted by atomic mass is 14.8. The highest BCUT2D eigenvalue weighted by molar-refractivity contribution is 5.03. The van der Waals surface area contributed by atoms with Gasteiger partial charge in [0.1, 0.15) is 0 Å². The molecule has 0 heterocycles. The molecule has 0 unspecified atom stereocenters. The Balaban J connectivity index is 1.96. The zero-order chi connectivity index (χ0) is 8.34. The van der Waals surface area contributed by atoms with E-state index >= 15 is 0 Å². The van der Waals surface area contributed by atoms with Gasteiger partial charge in [0.15, 0.2) is 0 Å². The molecule has 0 aliphatic heterocycles. The number of hydrogen-bond acceptors (Lipinski definition) is 0. The summed E-state index contributed by atoms with van der Waals surface area (Å²) in [5, 5.41) is 0. The molecule has 0 saturated heterocycles. The average molecular weight is 166 g/mol. The molecule has 68 valence electrons. The lowest BCUT2D eigenvalue weighted by Crippen LogP contribution is -2.81. The Hall–Kier alpha value is -0.0400. The van der Waals surface area contributed by atoms with Crippen LogP contribution in [-0.4, -0.2) is 5.54 Å². The molecular formula is C11H20N+. The van der Waals surface area contributed by atoms with Crippen LogP contribution in [0.5, 0.6) is 0 Å². The second kappa shape index (κ2) is 2.06. The minimum atomic E-state index is 0.452. The van der Waals surface area contributed by atoms with Gasteiger partial charge in [0.25, 0.3) is 0 Å². The third-order valence-corrected chi connectivity index (χ3v) is 5.00. The fourth-order valence-corrected chi connectivity index (χ4v) is 4.26. The second-order valence-corrected chi connectivity index (χ2v) is 5.81. The van der Waals surface area contributed by atoms with E-state index in [1.54, 1.807) is 6.42 Å². The first-order valence-corrected chi connectivity index (χ1v) is 5.51. The first kappa shape index (κ1) is 7.37. The molecule has 0 aromatic rings. The lowest BCUT2D eigenvalue weighted by atomic mass is 9.49. The molecule has 4 aliphatic carbocycles. The lowest BCUT2D eigenvalue weighted by Gasteiger charge is -2.56. The molecule has 0 atom stereocenters. The topological polar surface area (TPSA) is 27.6 Å². The fraction of sp³-hybridized carbons (Fsp3) is 1.00. The van der Waals surface area contributed by atoms with Crippen LogP contribution in [0.25, 0.3) is 0 Å². The largest absolute Gasteiger partial charge is 0.352 e. The minimum absolute atomic E-state index is 0.452. The van der Waals surface area contributed by atoms with Crippen molar-refractivity contribution >= 4 is 0 Å². The van der Waals surface area contributed by atoms with Crippen LogP contribution in [0.1, 0.15) is 39.0 Å². The van der Waals surface area contributed by atoms with Crippen molar-refractivity contribution in [1.29, 1.82) is 0 Å². The van der Waals surface area contributed by atoms with Crippen LogP contribution < -0.4 is 5.73 Å². The van der Waals surface area contributed by atoms with Gasteiger partial charge in [0.2, 0.25) is 0 Å². The molecule has 4 bridgehead atoms. The summed E-state index contributed by atoms with van der Waals surface area (Å²) in [6, 6.07) is 0. The average Bonchev–Trinajstić information content (AvgIpc) is 1.99. The van der Waals surface area contributed by atoms with E-state index < -0.39 is 0 Å². The maximum absolute atomic E-state index is 4.47. The highest BCUT2D eigenvalue weighted by Gasteiger charge is 2.55. The summed E-state index contributed by atoms with van der Waals surface area (Å²) >= 11 is 0. The van der Waals surface area contributed by atoms with Crippen molar-refractivity contribution in [2.75, 3.05) is 0 Å². The van der Waals surface area contributed by atoms with Gasteiger partial charge in [-0.05, 0) is 50.9 Å². The summed E-state index contributed by atoms with van der Waals surface area (Å²) in [5.74, 6) is 4.16. The Kier molecular flexibility index (Phi) is 1.27. The quantitative estimate of drug-likeness (QED) is 0.564. The summed E-state index contributed by atoms with van der Waals surface area (Å²) in [5.41, 5.74) is 4.92. The molecule has 4 aliphatic rings. The number of quaternary nitrogens is 1. The van der Waals surface area contributed by atoms with Crippen molar-refractivity contribution in [3.8, 4) is 0 Å².